The lowest BCUT2D eigenvalue weighted by Crippen LogP contribution is -2.68. The molecule has 0 spiro atoms. The van der Waals surface area contributed by atoms with Crippen LogP contribution in [-0.2, 0) is 0 Å². The van der Waals surface area contributed by atoms with E-state index in [0.29, 0.717) is 5.92 Å². The van der Waals surface area contributed by atoms with Crippen molar-refractivity contribution in [2.45, 2.75) is 71.0 Å². The zero-order valence-electron chi connectivity index (χ0n) is 16.7. The first kappa shape index (κ1) is 18.9. The fraction of sp³-hybridized carbons (Fsp3) is 0.522. The van der Waals surface area contributed by atoms with Crippen LogP contribution < -0.4 is 10.6 Å². The van der Waals surface area contributed by atoms with Gasteiger partial charge in [-0.05, 0) is 61.9 Å². The van der Waals surface area contributed by atoms with Crippen molar-refractivity contribution < 1.29 is 4.79 Å². The van der Waals surface area contributed by atoms with E-state index >= 15 is 0 Å². The summed E-state index contributed by atoms with van der Waals surface area (Å²) in [6.45, 7) is 11.3. The Balaban J connectivity index is 1.84. The average molecular weight is 353 g/mol. The minimum absolute atomic E-state index is 0.0321. The Morgan fingerprint density at radius 1 is 1.12 bits per heavy atom. The van der Waals surface area contributed by atoms with E-state index in [1.54, 1.807) is 0 Å². The molecule has 3 rings (SSSR count). The lowest BCUT2D eigenvalue weighted by atomic mass is 9.69. The molecular weight excluding hydrogens is 320 g/mol. The van der Waals surface area contributed by atoms with Crippen LogP contribution >= 0.6 is 0 Å². The third-order valence-electron chi connectivity index (χ3n) is 6.71. The van der Waals surface area contributed by atoms with Gasteiger partial charge in [0.1, 0.15) is 0 Å². The van der Waals surface area contributed by atoms with Gasteiger partial charge in [-0.1, -0.05) is 51.1 Å². The minimum atomic E-state index is 0.0321. The Kier molecular flexibility index (Phi) is 5.12. The Hall–Kier alpha value is -1.87. The predicted molar refractivity (Wildman–Crippen MR) is 110 cm³/mol. The van der Waals surface area contributed by atoms with Gasteiger partial charge in [-0.25, -0.2) is 0 Å². The molecule has 1 amide bonds. The molecule has 2 aromatic rings. The summed E-state index contributed by atoms with van der Waals surface area (Å²) in [4.78, 5) is 13.0. The number of piperidine rings is 1. The molecule has 0 saturated carbocycles. The van der Waals surface area contributed by atoms with Gasteiger partial charge in [0.05, 0.1) is 0 Å². The number of fused-ring (bicyclic) bond motifs is 1. The molecule has 1 fully saturated rings. The SMILES string of the molecule is CCC1(C)CC(NC(=O)c2ccc3ccccc3c2)C(C)C(C)(CC)N1. The van der Waals surface area contributed by atoms with Crippen molar-refractivity contribution in [3.05, 3.63) is 48.0 Å². The van der Waals surface area contributed by atoms with Crippen LogP contribution in [0.5, 0.6) is 0 Å². The molecule has 0 aliphatic carbocycles. The fourth-order valence-corrected chi connectivity index (χ4v) is 4.36. The standard InChI is InChI=1S/C23H32N2O/c1-6-22(4)15-20(16(3)23(5,7-2)25-22)24-21(26)19-13-12-17-10-8-9-11-18(17)14-19/h8-14,16,20,25H,6-7,15H2,1-5H3,(H,24,26). The van der Waals surface area contributed by atoms with E-state index in [4.69, 9.17) is 0 Å². The molecule has 2 N–H and O–H groups in total. The van der Waals surface area contributed by atoms with Crippen LogP contribution in [0.1, 0.15) is 64.2 Å². The summed E-state index contributed by atoms with van der Waals surface area (Å²) in [5.41, 5.74) is 0.828. The topological polar surface area (TPSA) is 41.1 Å². The summed E-state index contributed by atoms with van der Waals surface area (Å²) < 4.78 is 0. The summed E-state index contributed by atoms with van der Waals surface area (Å²) in [5, 5.41) is 9.49. The van der Waals surface area contributed by atoms with Gasteiger partial charge in [-0.3, -0.25) is 4.79 Å². The van der Waals surface area contributed by atoms with Crippen molar-refractivity contribution >= 4 is 16.7 Å². The lowest BCUT2D eigenvalue weighted by Gasteiger charge is -2.53. The van der Waals surface area contributed by atoms with Crippen LogP contribution in [0.4, 0.5) is 0 Å². The normalized spacial score (nSPS) is 31.7. The van der Waals surface area contributed by atoms with Gasteiger partial charge in [0.2, 0.25) is 0 Å². The second-order valence-corrected chi connectivity index (χ2v) is 8.44. The van der Waals surface area contributed by atoms with E-state index < -0.39 is 0 Å². The summed E-state index contributed by atoms with van der Waals surface area (Å²) in [5.74, 6) is 0.406. The first-order valence-corrected chi connectivity index (χ1v) is 9.89. The summed E-state index contributed by atoms with van der Waals surface area (Å²) in [6, 6.07) is 14.3. The number of nitrogens with one attached hydrogen (secondary N) is 2. The van der Waals surface area contributed by atoms with Crippen LogP contribution in [0.25, 0.3) is 10.8 Å². The quantitative estimate of drug-likeness (QED) is 0.821. The molecule has 140 valence electrons. The summed E-state index contributed by atoms with van der Waals surface area (Å²) >= 11 is 0. The summed E-state index contributed by atoms with van der Waals surface area (Å²) in [7, 11) is 0. The van der Waals surface area contributed by atoms with Crippen LogP contribution in [-0.4, -0.2) is 23.0 Å². The number of rotatable bonds is 4. The van der Waals surface area contributed by atoms with Gasteiger partial charge in [0.15, 0.2) is 0 Å². The van der Waals surface area contributed by atoms with Crippen molar-refractivity contribution in [3.63, 3.8) is 0 Å². The molecule has 3 heteroatoms. The Morgan fingerprint density at radius 3 is 2.46 bits per heavy atom. The summed E-state index contributed by atoms with van der Waals surface area (Å²) in [6.07, 6.45) is 3.06. The first-order chi connectivity index (χ1) is 12.3. The highest BCUT2D eigenvalue weighted by molar-refractivity contribution is 5.98. The molecule has 1 heterocycles. The van der Waals surface area contributed by atoms with Crippen LogP contribution in [0.2, 0.25) is 0 Å². The molecule has 26 heavy (non-hydrogen) atoms. The van der Waals surface area contributed by atoms with Gasteiger partial charge in [-0.15, -0.1) is 0 Å². The largest absolute Gasteiger partial charge is 0.349 e. The van der Waals surface area contributed by atoms with Gasteiger partial charge < -0.3 is 10.6 Å². The van der Waals surface area contributed by atoms with Gasteiger partial charge >= 0.3 is 0 Å². The highest BCUT2D eigenvalue weighted by Gasteiger charge is 2.46. The van der Waals surface area contributed by atoms with Crippen molar-refractivity contribution in [2.75, 3.05) is 0 Å². The number of hydrogen-bond acceptors (Lipinski definition) is 2. The monoisotopic (exact) mass is 352 g/mol. The smallest absolute Gasteiger partial charge is 0.251 e. The van der Waals surface area contributed by atoms with E-state index in [1.807, 2.05) is 30.3 Å². The van der Waals surface area contributed by atoms with E-state index in [1.165, 1.54) is 0 Å². The average Bonchev–Trinajstić information content (AvgIpc) is 2.65. The highest BCUT2D eigenvalue weighted by Crippen LogP contribution is 2.37. The number of carbonyl (C=O) groups excluding carboxylic acids is 1. The molecule has 3 nitrogen and oxygen atoms in total. The second-order valence-electron chi connectivity index (χ2n) is 8.44. The maximum absolute atomic E-state index is 13.0. The van der Waals surface area contributed by atoms with Crippen LogP contribution in [0.15, 0.2) is 42.5 Å². The fourth-order valence-electron chi connectivity index (χ4n) is 4.36. The molecule has 0 radical (unpaired) electrons. The molecule has 1 aliphatic rings. The first-order valence-electron chi connectivity index (χ1n) is 9.89. The molecule has 2 aromatic carbocycles. The number of carbonyl (C=O) groups is 1. The third kappa shape index (κ3) is 3.50. The van der Waals surface area contributed by atoms with Crippen molar-refractivity contribution in [3.8, 4) is 0 Å². The highest BCUT2D eigenvalue weighted by atomic mass is 16.1. The molecule has 0 aromatic heterocycles. The van der Waals surface area contributed by atoms with E-state index in [-0.39, 0.29) is 23.0 Å². The maximum Gasteiger partial charge on any atom is 0.251 e. The predicted octanol–water partition coefficient (Wildman–Crippen LogP) is 4.91. The maximum atomic E-state index is 13.0. The van der Waals surface area contributed by atoms with E-state index in [0.717, 1.165) is 35.6 Å². The second kappa shape index (κ2) is 7.03. The van der Waals surface area contributed by atoms with Crippen molar-refractivity contribution in [2.24, 2.45) is 5.92 Å². The molecule has 4 unspecified atom stereocenters. The number of amides is 1. The molecule has 4 atom stereocenters. The Labute approximate surface area is 157 Å². The number of hydrogen-bond donors (Lipinski definition) is 2. The van der Waals surface area contributed by atoms with Crippen LogP contribution in [0.3, 0.4) is 0 Å². The minimum Gasteiger partial charge on any atom is -0.349 e. The van der Waals surface area contributed by atoms with Crippen molar-refractivity contribution in [1.82, 2.24) is 10.6 Å². The van der Waals surface area contributed by atoms with E-state index in [2.05, 4.69) is 57.4 Å². The lowest BCUT2D eigenvalue weighted by molar-refractivity contribution is 0.0531. The van der Waals surface area contributed by atoms with Crippen molar-refractivity contribution in [1.29, 1.82) is 0 Å². The Morgan fingerprint density at radius 2 is 1.81 bits per heavy atom. The molecular formula is C23H32N2O. The Bertz CT molecular complexity index is 802. The van der Waals surface area contributed by atoms with Gasteiger partial charge in [0.25, 0.3) is 5.91 Å². The molecule has 0 bridgehead atoms. The van der Waals surface area contributed by atoms with Gasteiger partial charge in [-0.2, -0.15) is 0 Å². The molecule has 1 saturated heterocycles. The zero-order chi connectivity index (χ0) is 18.9. The number of benzene rings is 2. The zero-order valence-corrected chi connectivity index (χ0v) is 16.7. The van der Waals surface area contributed by atoms with E-state index in [9.17, 15) is 4.79 Å². The molecule has 1 aliphatic heterocycles. The third-order valence-corrected chi connectivity index (χ3v) is 6.71. The van der Waals surface area contributed by atoms with Crippen LogP contribution in [0, 0.1) is 5.92 Å². The van der Waals surface area contributed by atoms with Gasteiger partial charge in [0, 0.05) is 22.7 Å².